The summed E-state index contributed by atoms with van der Waals surface area (Å²) in [4.78, 5) is 36.1. The molecule has 140 valence electrons. The summed E-state index contributed by atoms with van der Waals surface area (Å²) in [7, 11) is 0. The fourth-order valence-corrected chi connectivity index (χ4v) is 3.00. The number of hydrogen-bond acceptors (Lipinski definition) is 5. The standard InChI is InChI=1S/C18H17FN4O4/c19-12-3-1-11(2-4-12)10-22-8-7-16(18(22)25)21-15-6-5-13(23(26)27)9-14(15)17(20)24/h1-6,9,16,21H,7-8,10H2,(H2,20,24). The van der Waals surface area contributed by atoms with Crippen LogP contribution < -0.4 is 11.1 Å². The number of nitro groups is 1. The first-order valence-corrected chi connectivity index (χ1v) is 8.23. The number of nitro benzene ring substituents is 1. The molecule has 0 spiro atoms. The maximum atomic E-state index is 13.0. The van der Waals surface area contributed by atoms with Crippen LogP contribution in [0.4, 0.5) is 15.8 Å². The maximum absolute atomic E-state index is 13.0. The van der Waals surface area contributed by atoms with Gasteiger partial charge in [0, 0.05) is 30.9 Å². The number of rotatable bonds is 6. The lowest BCUT2D eigenvalue weighted by Gasteiger charge is -2.18. The fourth-order valence-electron chi connectivity index (χ4n) is 3.00. The number of non-ortho nitro benzene ring substituents is 1. The Kier molecular flexibility index (Phi) is 5.02. The molecule has 0 aromatic heterocycles. The highest BCUT2D eigenvalue weighted by atomic mass is 19.1. The number of hydrogen-bond donors (Lipinski definition) is 2. The van der Waals surface area contributed by atoms with Crippen molar-refractivity contribution in [1.82, 2.24) is 4.90 Å². The van der Waals surface area contributed by atoms with E-state index in [-0.39, 0.29) is 28.7 Å². The van der Waals surface area contributed by atoms with Crippen LogP contribution >= 0.6 is 0 Å². The van der Waals surface area contributed by atoms with Gasteiger partial charge in [-0.05, 0) is 30.2 Å². The predicted molar refractivity (Wildman–Crippen MR) is 95.5 cm³/mol. The molecule has 1 saturated heterocycles. The summed E-state index contributed by atoms with van der Waals surface area (Å²) in [5.41, 5.74) is 6.08. The molecule has 2 aromatic rings. The van der Waals surface area contributed by atoms with E-state index in [4.69, 9.17) is 5.73 Å². The van der Waals surface area contributed by atoms with Crippen LogP contribution in [0, 0.1) is 15.9 Å². The first kappa shape index (κ1) is 18.3. The summed E-state index contributed by atoms with van der Waals surface area (Å²) in [5.74, 6) is -1.34. The van der Waals surface area contributed by atoms with Gasteiger partial charge in [-0.15, -0.1) is 0 Å². The van der Waals surface area contributed by atoms with Crippen LogP contribution in [-0.4, -0.2) is 34.2 Å². The van der Waals surface area contributed by atoms with Gasteiger partial charge in [-0.25, -0.2) is 4.39 Å². The Labute approximate surface area is 153 Å². The van der Waals surface area contributed by atoms with Crippen LogP contribution in [0.2, 0.25) is 0 Å². The Morgan fingerprint density at radius 3 is 2.63 bits per heavy atom. The number of nitrogens with one attached hydrogen (secondary N) is 1. The minimum Gasteiger partial charge on any atom is -0.373 e. The molecule has 1 unspecified atom stereocenters. The Balaban J connectivity index is 1.73. The number of anilines is 1. The highest BCUT2D eigenvalue weighted by Gasteiger charge is 2.32. The van der Waals surface area contributed by atoms with Crippen LogP contribution in [0.1, 0.15) is 22.3 Å². The number of amides is 2. The third-order valence-electron chi connectivity index (χ3n) is 4.39. The summed E-state index contributed by atoms with van der Waals surface area (Å²) in [6.07, 6.45) is 0.495. The van der Waals surface area contributed by atoms with Crippen LogP contribution in [0.25, 0.3) is 0 Å². The average molecular weight is 372 g/mol. The zero-order chi connectivity index (χ0) is 19.6. The number of carbonyl (C=O) groups excluding carboxylic acids is 2. The molecule has 27 heavy (non-hydrogen) atoms. The van der Waals surface area contributed by atoms with E-state index >= 15 is 0 Å². The Morgan fingerprint density at radius 2 is 2.00 bits per heavy atom. The van der Waals surface area contributed by atoms with E-state index in [1.807, 2.05) is 0 Å². The van der Waals surface area contributed by atoms with E-state index in [1.165, 1.54) is 24.3 Å². The molecule has 0 saturated carbocycles. The monoisotopic (exact) mass is 372 g/mol. The molecule has 1 heterocycles. The lowest BCUT2D eigenvalue weighted by molar-refractivity contribution is -0.384. The molecule has 2 amide bonds. The molecular formula is C18H17FN4O4. The zero-order valence-corrected chi connectivity index (χ0v) is 14.2. The average Bonchev–Trinajstić information content (AvgIpc) is 2.97. The largest absolute Gasteiger partial charge is 0.373 e. The highest BCUT2D eigenvalue weighted by molar-refractivity contribution is 6.00. The molecule has 1 atom stereocenters. The molecule has 0 radical (unpaired) electrons. The van der Waals surface area contributed by atoms with E-state index in [1.54, 1.807) is 17.0 Å². The Hall–Kier alpha value is -3.49. The number of likely N-dealkylation sites (tertiary alicyclic amines) is 1. The molecule has 0 bridgehead atoms. The molecule has 3 rings (SSSR count). The smallest absolute Gasteiger partial charge is 0.270 e. The van der Waals surface area contributed by atoms with Gasteiger partial charge in [-0.1, -0.05) is 12.1 Å². The van der Waals surface area contributed by atoms with Crippen LogP contribution in [-0.2, 0) is 11.3 Å². The number of benzene rings is 2. The summed E-state index contributed by atoms with van der Waals surface area (Å²) in [6, 6.07) is 9.02. The summed E-state index contributed by atoms with van der Waals surface area (Å²) < 4.78 is 13.0. The van der Waals surface area contributed by atoms with Crippen molar-refractivity contribution < 1.29 is 18.9 Å². The van der Waals surface area contributed by atoms with Gasteiger partial charge < -0.3 is 16.0 Å². The van der Waals surface area contributed by atoms with Crippen LogP contribution in [0.15, 0.2) is 42.5 Å². The van der Waals surface area contributed by atoms with Gasteiger partial charge in [-0.3, -0.25) is 19.7 Å². The van der Waals surface area contributed by atoms with E-state index in [9.17, 15) is 24.1 Å². The van der Waals surface area contributed by atoms with Gasteiger partial charge >= 0.3 is 0 Å². The molecule has 0 aliphatic carbocycles. The molecule has 2 aromatic carbocycles. The van der Waals surface area contributed by atoms with Crippen molar-refractivity contribution in [3.63, 3.8) is 0 Å². The highest BCUT2D eigenvalue weighted by Crippen LogP contribution is 2.25. The summed E-state index contributed by atoms with van der Waals surface area (Å²) in [5, 5.41) is 13.8. The molecule has 8 nitrogen and oxygen atoms in total. The van der Waals surface area contributed by atoms with Crippen molar-refractivity contribution in [1.29, 1.82) is 0 Å². The topological polar surface area (TPSA) is 119 Å². The maximum Gasteiger partial charge on any atom is 0.270 e. The normalized spacial score (nSPS) is 16.4. The second kappa shape index (κ2) is 7.40. The lowest BCUT2D eigenvalue weighted by atomic mass is 10.1. The van der Waals surface area contributed by atoms with E-state index in [2.05, 4.69) is 5.32 Å². The van der Waals surface area contributed by atoms with Crippen molar-refractivity contribution in [3.8, 4) is 0 Å². The second-order valence-corrected chi connectivity index (χ2v) is 6.22. The number of primary amides is 1. The van der Waals surface area contributed by atoms with E-state index < -0.39 is 16.9 Å². The zero-order valence-electron chi connectivity index (χ0n) is 14.2. The molecule has 3 N–H and O–H groups in total. The van der Waals surface area contributed by atoms with Gasteiger partial charge in [-0.2, -0.15) is 0 Å². The number of halogens is 1. The fraction of sp³-hybridized carbons (Fsp3) is 0.222. The van der Waals surface area contributed by atoms with Crippen molar-refractivity contribution in [2.45, 2.75) is 19.0 Å². The van der Waals surface area contributed by atoms with Gasteiger partial charge in [0.15, 0.2) is 0 Å². The molecule has 1 fully saturated rings. The molecule has 1 aliphatic heterocycles. The Bertz CT molecular complexity index is 901. The third-order valence-corrected chi connectivity index (χ3v) is 4.39. The molecule has 1 aliphatic rings. The van der Waals surface area contributed by atoms with Gasteiger partial charge in [0.1, 0.15) is 11.9 Å². The minimum atomic E-state index is -0.824. The summed E-state index contributed by atoms with van der Waals surface area (Å²) >= 11 is 0. The number of nitrogens with two attached hydrogens (primary N) is 1. The number of carbonyl (C=O) groups is 2. The van der Waals surface area contributed by atoms with E-state index in [0.29, 0.717) is 19.5 Å². The summed E-state index contributed by atoms with van der Waals surface area (Å²) in [6.45, 7) is 0.840. The van der Waals surface area contributed by atoms with Gasteiger partial charge in [0.25, 0.3) is 11.6 Å². The lowest BCUT2D eigenvalue weighted by Crippen LogP contribution is -2.33. The van der Waals surface area contributed by atoms with E-state index in [0.717, 1.165) is 11.6 Å². The predicted octanol–water partition coefficient (Wildman–Crippen LogP) is 2.05. The Morgan fingerprint density at radius 1 is 1.30 bits per heavy atom. The second-order valence-electron chi connectivity index (χ2n) is 6.22. The van der Waals surface area contributed by atoms with Crippen molar-refractivity contribution in [2.24, 2.45) is 5.73 Å². The minimum absolute atomic E-state index is 0.0472. The quantitative estimate of drug-likeness (QED) is 0.594. The molecular weight excluding hydrogens is 355 g/mol. The van der Waals surface area contributed by atoms with Crippen LogP contribution in [0.5, 0.6) is 0 Å². The van der Waals surface area contributed by atoms with Gasteiger partial charge in [0.05, 0.1) is 10.5 Å². The first-order valence-electron chi connectivity index (χ1n) is 8.23. The van der Waals surface area contributed by atoms with Crippen molar-refractivity contribution in [3.05, 3.63) is 69.5 Å². The molecule has 9 heteroatoms. The van der Waals surface area contributed by atoms with Gasteiger partial charge in [0.2, 0.25) is 5.91 Å². The SMILES string of the molecule is NC(=O)c1cc([N+](=O)[O-])ccc1NC1CCN(Cc2ccc(F)cc2)C1=O. The number of nitrogens with zero attached hydrogens (tertiary/aromatic N) is 2. The van der Waals surface area contributed by atoms with Crippen LogP contribution in [0.3, 0.4) is 0 Å². The third kappa shape index (κ3) is 4.02. The van der Waals surface area contributed by atoms with Crippen molar-refractivity contribution in [2.75, 3.05) is 11.9 Å². The van der Waals surface area contributed by atoms with Crippen molar-refractivity contribution >= 4 is 23.2 Å². The first-order chi connectivity index (χ1) is 12.8.